The largest absolute Gasteiger partial charge is 2.00 e. The molecule has 34 heavy (non-hydrogen) atoms. The van der Waals surface area contributed by atoms with Gasteiger partial charge < -0.3 is 0 Å². The third-order valence-corrected chi connectivity index (χ3v) is 5.39. The first-order valence-corrected chi connectivity index (χ1v) is 13.6. The molecule has 0 radical (unpaired) electrons. The van der Waals surface area contributed by atoms with Gasteiger partial charge in [-0.1, -0.05) is 85.0 Å². The molecule has 0 bridgehead atoms. The van der Waals surface area contributed by atoms with E-state index in [0.717, 1.165) is 12.8 Å². The van der Waals surface area contributed by atoms with Crippen molar-refractivity contribution in [3.8, 4) is 0 Å². The molecule has 4 rings (SSSR count). The Morgan fingerprint density at radius 1 is 0.676 bits per heavy atom. The van der Waals surface area contributed by atoms with Crippen molar-refractivity contribution in [2.75, 3.05) is 0 Å². The quantitative estimate of drug-likeness (QED) is 0.162. The summed E-state index contributed by atoms with van der Waals surface area (Å²) >= 11 is -1.18. The molecule has 0 aliphatic heterocycles. The van der Waals surface area contributed by atoms with Crippen molar-refractivity contribution in [3.05, 3.63) is 133 Å². The van der Waals surface area contributed by atoms with Crippen molar-refractivity contribution in [1.82, 2.24) is 8.05 Å². The summed E-state index contributed by atoms with van der Waals surface area (Å²) in [6.07, 6.45) is 29.5. The van der Waals surface area contributed by atoms with E-state index in [9.17, 15) is 9.59 Å². The fraction of sp³-hybridized carbons (Fsp3) is 0.0714. The number of nitrogens with one attached hydrogen (secondary N) is 2. The molecule has 170 valence electrons. The van der Waals surface area contributed by atoms with Crippen LogP contribution in [0.2, 0.25) is 0 Å². The van der Waals surface area contributed by atoms with Gasteiger partial charge >= 0.3 is 74.6 Å². The zero-order chi connectivity index (χ0) is 23.7. The smallest absolute Gasteiger partial charge is 0.273 e. The van der Waals surface area contributed by atoms with Crippen molar-refractivity contribution in [2.24, 2.45) is 0 Å². The van der Waals surface area contributed by atoms with Crippen LogP contribution in [0.25, 0.3) is 12.2 Å². The summed E-state index contributed by atoms with van der Waals surface area (Å²) in [4.78, 5) is 18.9. The molecule has 0 fully saturated rings. The fourth-order valence-corrected chi connectivity index (χ4v) is 2.88. The zero-order valence-electron chi connectivity index (χ0n) is 19.1. The predicted octanol–water partition coefficient (Wildman–Crippen LogP) is 4.77. The molecule has 4 nitrogen and oxygen atoms in total. The average Bonchev–Trinajstić information content (AvgIpc) is 3.64. The molecule has 0 saturated heterocycles. The van der Waals surface area contributed by atoms with Crippen LogP contribution in [0.4, 0.5) is 0 Å². The van der Waals surface area contributed by atoms with Crippen molar-refractivity contribution in [3.63, 3.8) is 0 Å². The minimum atomic E-state index is -1.18. The fourth-order valence-electron chi connectivity index (χ4n) is 2.28. The van der Waals surface area contributed by atoms with Gasteiger partial charge in [0.25, 0.3) is 0 Å². The molecular weight excluding hydrogens is 557 g/mol. The molecule has 2 aromatic carbocycles. The summed E-state index contributed by atoms with van der Waals surface area (Å²) in [6.45, 7) is 0. The molecule has 2 N–H and O–H groups in total. The SMILES string of the molecule is C(C=Cc1ccccc1)=Cc1ccccc1.O=C[NH][GaH][NH]C=O.[C-]1=CC=CC1.[C-]1=CC=CC1.[Zr+2]. The van der Waals surface area contributed by atoms with Crippen LogP contribution in [0, 0.1) is 12.2 Å². The topological polar surface area (TPSA) is 58.2 Å². The van der Waals surface area contributed by atoms with E-state index >= 15 is 0 Å². The van der Waals surface area contributed by atoms with Gasteiger partial charge in [0.15, 0.2) is 0 Å². The summed E-state index contributed by atoms with van der Waals surface area (Å²) in [6, 6.07) is 20.6. The maximum absolute atomic E-state index is 9.46. The second-order valence-corrected chi connectivity index (χ2v) is 8.82. The number of rotatable bonds is 7. The maximum Gasteiger partial charge on any atom is 2.00 e. The first-order chi connectivity index (χ1) is 16.4. The van der Waals surface area contributed by atoms with E-state index in [4.69, 9.17) is 0 Å². The van der Waals surface area contributed by atoms with Crippen LogP contribution in [-0.4, -0.2) is 30.7 Å². The van der Waals surface area contributed by atoms with Gasteiger partial charge in [0.1, 0.15) is 0 Å². The number of hydrogen-bond donors (Lipinski definition) is 2. The third kappa shape index (κ3) is 20.0. The molecule has 0 unspecified atom stereocenters. The van der Waals surface area contributed by atoms with Crippen LogP contribution in [0.5, 0.6) is 0 Å². The summed E-state index contributed by atoms with van der Waals surface area (Å²) in [5, 5.41) is 0. The van der Waals surface area contributed by atoms with Crippen LogP contribution in [-0.2, 0) is 35.8 Å². The number of carbonyl (C=O) groups is 2. The van der Waals surface area contributed by atoms with Crippen molar-refractivity contribution in [2.45, 2.75) is 12.8 Å². The Kier molecular flexibility index (Phi) is 23.0. The first kappa shape index (κ1) is 31.3. The standard InChI is InChI=1S/C16H14.2C5H5.2CH3NO.Ga.Zr.H/c1-3-9-15(10-4-1)13-7-8-14-16-11-5-2-6-12-16;2*1-2-4-5-3-1;2*2-1-3;;;/h1-14H;2*1-3H,4H2;2*1H,(H2,2,3);;;/q;2*-1;;;2*+2;/p-2. The molecule has 6 heteroatoms. The van der Waals surface area contributed by atoms with Gasteiger partial charge in [0.05, 0.1) is 0 Å². The molecule has 0 aromatic heterocycles. The number of benzene rings is 2. The molecule has 0 saturated carbocycles. The van der Waals surface area contributed by atoms with E-state index in [1.54, 1.807) is 0 Å². The molecule has 0 spiro atoms. The normalized spacial score (nSPS) is 11.8. The monoisotopic (exact) mass is 584 g/mol. The number of allylic oxidation sites excluding steroid dienone is 10. The van der Waals surface area contributed by atoms with E-state index < -0.39 is 17.9 Å². The minimum absolute atomic E-state index is 0. The van der Waals surface area contributed by atoms with Crippen molar-refractivity contribution < 1.29 is 35.8 Å². The second kappa shape index (κ2) is 25.0. The molecule has 2 aromatic rings. The number of amides is 2. The van der Waals surface area contributed by atoms with Crippen LogP contribution >= 0.6 is 0 Å². The first-order valence-electron chi connectivity index (χ1n) is 10.6. The van der Waals surface area contributed by atoms with E-state index in [2.05, 4.69) is 80.9 Å². The Morgan fingerprint density at radius 2 is 1.09 bits per heavy atom. The average molecular weight is 586 g/mol. The molecule has 2 aliphatic rings. The van der Waals surface area contributed by atoms with Gasteiger partial charge in [0.2, 0.25) is 0 Å². The minimum Gasteiger partial charge on any atom is -0.273 e. The molecule has 0 heterocycles. The van der Waals surface area contributed by atoms with Crippen LogP contribution < -0.4 is 8.05 Å². The van der Waals surface area contributed by atoms with E-state index in [-0.39, 0.29) is 26.2 Å². The van der Waals surface area contributed by atoms with Crippen molar-refractivity contribution >= 4 is 42.9 Å². The zero-order valence-corrected chi connectivity index (χ0v) is 24.6. The van der Waals surface area contributed by atoms with Crippen LogP contribution in [0.3, 0.4) is 0 Å². The summed E-state index contributed by atoms with van der Waals surface area (Å²) in [5.74, 6) is 0. The van der Waals surface area contributed by atoms with E-state index in [1.807, 2.05) is 60.7 Å². The van der Waals surface area contributed by atoms with Gasteiger partial charge in [0, 0.05) is 0 Å². The van der Waals surface area contributed by atoms with E-state index in [0.29, 0.717) is 12.8 Å². The Bertz CT molecular complexity index is 840. The van der Waals surface area contributed by atoms with Gasteiger partial charge in [-0.2, -0.15) is 12.2 Å². The molecule has 0 atom stereocenters. The number of carbonyl (C=O) groups excluding carboxylic acids is 2. The summed E-state index contributed by atoms with van der Waals surface area (Å²) in [5.41, 5.74) is 2.44. The Balaban J connectivity index is 0.000000499. The molecule has 2 amide bonds. The van der Waals surface area contributed by atoms with Gasteiger partial charge in [-0.05, 0) is 11.1 Å². The Labute approximate surface area is 230 Å². The van der Waals surface area contributed by atoms with E-state index in [1.165, 1.54) is 11.1 Å². The molecular formula is C28H29GaN2O2Zr. The van der Waals surface area contributed by atoms with Gasteiger partial charge in [-0.25, -0.2) is 24.3 Å². The second-order valence-electron chi connectivity index (χ2n) is 6.37. The van der Waals surface area contributed by atoms with Gasteiger partial charge in [-0.3, -0.25) is 12.2 Å². The molecule has 2 aliphatic carbocycles. The Hall–Kier alpha value is -2.66. The van der Waals surface area contributed by atoms with Crippen LogP contribution in [0.15, 0.2) is 109 Å². The van der Waals surface area contributed by atoms with Gasteiger partial charge in [-0.15, -0.1) is 12.8 Å². The number of hydrogen-bond acceptors (Lipinski definition) is 2. The predicted molar refractivity (Wildman–Crippen MR) is 140 cm³/mol. The van der Waals surface area contributed by atoms with Crippen LogP contribution in [0.1, 0.15) is 24.0 Å². The third-order valence-electron chi connectivity index (χ3n) is 3.83. The van der Waals surface area contributed by atoms with Crippen molar-refractivity contribution in [1.29, 1.82) is 0 Å². The Morgan fingerprint density at radius 3 is 1.35 bits per heavy atom. The summed E-state index contributed by atoms with van der Waals surface area (Å²) in [7, 11) is 0. The summed E-state index contributed by atoms with van der Waals surface area (Å²) < 4.78 is 4.83. The maximum atomic E-state index is 9.46.